The van der Waals surface area contributed by atoms with Crippen molar-refractivity contribution in [1.29, 1.82) is 0 Å². The molecule has 1 aromatic heterocycles. The van der Waals surface area contributed by atoms with Crippen LogP contribution in [-0.4, -0.2) is 24.0 Å². The first-order valence-corrected chi connectivity index (χ1v) is 4.62. The minimum atomic E-state index is -0.995. The van der Waals surface area contributed by atoms with Gasteiger partial charge in [-0.2, -0.15) is 0 Å². The summed E-state index contributed by atoms with van der Waals surface area (Å²) in [4.78, 5) is 35.4. The Bertz CT molecular complexity index is 639. The van der Waals surface area contributed by atoms with Crippen LogP contribution >= 0.6 is 0 Å². The van der Waals surface area contributed by atoms with Crippen molar-refractivity contribution in [2.24, 2.45) is 0 Å². The van der Waals surface area contributed by atoms with Gasteiger partial charge in [-0.05, 0) is 18.2 Å². The van der Waals surface area contributed by atoms with Crippen molar-refractivity contribution in [2.45, 2.75) is 0 Å². The number of carbonyl (C=O) groups is 2. The predicted molar refractivity (Wildman–Crippen MR) is 57.5 cm³/mol. The Morgan fingerprint density at radius 1 is 1.41 bits per heavy atom. The number of esters is 1. The van der Waals surface area contributed by atoms with Gasteiger partial charge in [0.2, 0.25) is 0 Å². The number of hydrogen-bond donors (Lipinski definition) is 2. The molecule has 2 N–H and O–H groups in total. The first-order chi connectivity index (χ1) is 8.10. The molecule has 0 spiro atoms. The second kappa shape index (κ2) is 4.12. The molecule has 17 heavy (non-hydrogen) atoms. The lowest BCUT2D eigenvalue weighted by atomic mass is 10.3. The molecule has 0 bridgehead atoms. The van der Waals surface area contributed by atoms with Gasteiger partial charge in [0.15, 0.2) is 5.58 Å². The quantitative estimate of drug-likeness (QED) is 0.545. The van der Waals surface area contributed by atoms with Crippen molar-refractivity contribution in [3.05, 3.63) is 28.7 Å². The second-order valence-electron chi connectivity index (χ2n) is 3.17. The van der Waals surface area contributed by atoms with Gasteiger partial charge in [-0.1, -0.05) is 0 Å². The number of carbonyl (C=O) groups excluding carboxylic acids is 2. The van der Waals surface area contributed by atoms with Gasteiger partial charge < -0.3 is 14.5 Å². The van der Waals surface area contributed by atoms with Crippen molar-refractivity contribution in [2.75, 3.05) is 12.4 Å². The van der Waals surface area contributed by atoms with E-state index in [0.29, 0.717) is 16.8 Å². The van der Waals surface area contributed by atoms with E-state index in [2.05, 4.69) is 15.0 Å². The van der Waals surface area contributed by atoms with Gasteiger partial charge in [-0.15, -0.1) is 0 Å². The van der Waals surface area contributed by atoms with Crippen molar-refractivity contribution < 1.29 is 18.7 Å². The maximum Gasteiger partial charge on any atom is 0.417 e. The van der Waals surface area contributed by atoms with E-state index in [1.54, 1.807) is 0 Å². The topological polar surface area (TPSA) is 101 Å². The summed E-state index contributed by atoms with van der Waals surface area (Å²) in [6, 6.07) is 4.47. The van der Waals surface area contributed by atoms with E-state index in [9.17, 15) is 14.4 Å². The summed E-state index contributed by atoms with van der Waals surface area (Å²) in [5.41, 5.74) is 1.15. The fraction of sp³-hybridized carbons (Fsp3) is 0.100. The van der Waals surface area contributed by atoms with Crippen LogP contribution in [0.2, 0.25) is 0 Å². The molecule has 2 rings (SSSR count). The molecule has 1 amide bonds. The molecule has 1 heterocycles. The predicted octanol–water partition coefficient (Wildman–Crippen LogP) is 0.233. The van der Waals surface area contributed by atoms with E-state index < -0.39 is 17.6 Å². The molecular weight excluding hydrogens is 228 g/mol. The number of amides is 1. The number of benzene rings is 1. The molecule has 0 aliphatic heterocycles. The van der Waals surface area contributed by atoms with Gasteiger partial charge in [0.25, 0.3) is 0 Å². The molecule has 7 nitrogen and oxygen atoms in total. The summed E-state index contributed by atoms with van der Waals surface area (Å²) in [5, 5.41) is 2.32. The lowest BCUT2D eigenvalue weighted by Gasteiger charge is -2.02. The normalized spacial score (nSPS) is 10.2. The number of ether oxygens (including phenoxy) is 1. The SMILES string of the molecule is COC(=O)C(=O)Nc1ccc2oc(=O)[nH]c2c1. The maximum absolute atomic E-state index is 11.2. The zero-order valence-electron chi connectivity index (χ0n) is 8.77. The fourth-order valence-corrected chi connectivity index (χ4v) is 1.30. The molecule has 7 heteroatoms. The van der Waals surface area contributed by atoms with Crippen molar-refractivity contribution in [1.82, 2.24) is 4.98 Å². The van der Waals surface area contributed by atoms with Crippen LogP contribution in [0.4, 0.5) is 5.69 Å². The van der Waals surface area contributed by atoms with Crippen molar-refractivity contribution in [3.8, 4) is 0 Å². The number of nitrogens with one attached hydrogen (secondary N) is 2. The molecule has 88 valence electrons. The van der Waals surface area contributed by atoms with E-state index in [4.69, 9.17) is 4.42 Å². The Morgan fingerprint density at radius 2 is 2.18 bits per heavy atom. The summed E-state index contributed by atoms with van der Waals surface area (Å²) < 4.78 is 9.03. The molecule has 0 unspecified atom stereocenters. The van der Waals surface area contributed by atoms with Crippen LogP contribution in [0.1, 0.15) is 0 Å². The highest BCUT2D eigenvalue weighted by Crippen LogP contribution is 2.15. The van der Waals surface area contributed by atoms with Gasteiger partial charge >= 0.3 is 17.6 Å². The number of aromatic amines is 1. The van der Waals surface area contributed by atoms with Gasteiger partial charge in [-0.25, -0.2) is 9.59 Å². The highest BCUT2D eigenvalue weighted by atomic mass is 16.5. The Morgan fingerprint density at radius 3 is 2.88 bits per heavy atom. The number of rotatable bonds is 1. The van der Waals surface area contributed by atoms with Gasteiger partial charge in [0.1, 0.15) is 0 Å². The van der Waals surface area contributed by atoms with E-state index in [-0.39, 0.29) is 0 Å². The van der Waals surface area contributed by atoms with Crippen molar-refractivity contribution >= 4 is 28.7 Å². The first kappa shape index (κ1) is 10.9. The summed E-state index contributed by atoms with van der Waals surface area (Å²) in [6.45, 7) is 0. The largest absolute Gasteiger partial charge is 0.462 e. The second-order valence-corrected chi connectivity index (χ2v) is 3.17. The molecule has 0 atom stereocenters. The van der Waals surface area contributed by atoms with E-state index >= 15 is 0 Å². The third-order valence-electron chi connectivity index (χ3n) is 2.05. The Labute approximate surface area is 94.4 Å². The number of fused-ring (bicyclic) bond motifs is 1. The third kappa shape index (κ3) is 2.17. The fourth-order valence-electron chi connectivity index (χ4n) is 1.30. The van der Waals surface area contributed by atoms with Gasteiger partial charge in [0, 0.05) is 5.69 Å². The number of hydrogen-bond acceptors (Lipinski definition) is 5. The van der Waals surface area contributed by atoms with Crippen LogP contribution < -0.4 is 11.1 Å². The molecule has 0 fully saturated rings. The van der Waals surface area contributed by atoms with Crippen LogP contribution in [0.3, 0.4) is 0 Å². The van der Waals surface area contributed by atoms with Crippen LogP contribution in [0.25, 0.3) is 11.1 Å². The van der Waals surface area contributed by atoms with Gasteiger partial charge in [-0.3, -0.25) is 9.78 Å². The van der Waals surface area contributed by atoms with Crippen LogP contribution in [0, 0.1) is 0 Å². The monoisotopic (exact) mass is 236 g/mol. The van der Waals surface area contributed by atoms with E-state index in [1.165, 1.54) is 18.2 Å². The number of H-pyrrole nitrogens is 1. The van der Waals surface area contributed by atoms with E-state index in [1.807, 2.05) is 0 Å². The lowest BCUT2D eigenvalue weighted by molar-refractivity contribution is -0.150. The minimum absolute atomic E-state index is 0.352. The van der Waals surface area contributed by atoms with Crippen LogP contribution in [0.5, 0.6) is 0 Å². The Hall–Kier alpha value is -2.57. The number of aromatic nitrogens is 1. The average Bonchev–Trinajstić information content (AvgIpc) is 2.67. The summed E-state index contributed by atoms with van der Waals surface area (Å²) in [7, 11) is 1.11. The Kier molecular flexibility index (Phi) is 2.65. The lowest BCUT2D eigenvalue weighted by Crippen LogP contribution is -2.23. The number of methoxy groups -OCH3 is 1. The molecule has 0 saturated carbocycles. The highest BCUT2D eigenvalue weighted by Gasteiger charge is 2.14. The molecule has 2 aromatic rings. The average molecular weight is 236 g/mol. The van der Waals surface area contributed by atoms with Gasteiger partial charge in [0.05, 0.1) is 12.6 Å². The summed E-state index contributed by atoms with van der Waals surface area (Å²) in [6.07, 6.45) is 0. The third-order valence-corrected chi connectivity index (χ3v) is 2.05. The van der Waals surface area contributed by atoms with Crippen LogP contribution in [0.15, 0.2) is 27.4 Å². The minimum Gasteiger partial charge on any atom is -0.462 e. The zero-order chi connectivity index (χ0) is 12.4. The summed E-state index contributed by atoms with van der Waals surface area (Å²) >= 11 is 0. The van der Waals surface area contributed by atoms with E-state index in [0.717, 1.165) is 7.11 Å². The summed E-state index contributed by atoms with van der Waals surface area (Å²) in [5.74, 6) is -2.47. The molecule has 0 aliphatic carbocycles. The number of oxazole rings is 1. The zero-order valence-corrected chi connectivity index (χ0v) is 8.77. The highest BCUT2D eigenvalue weighted by molar-refractivity contribution is 6.37. The first-order valence-electron chi connectivity index (χ1n) is 4.62. The molecular formula is C10H8N2O5. The van der Waals surface area contributed by atoms with Crippen molar-refractivity contribution in [3.63, 3.8) is 0 Å². The number of anilines is 1. The molecule has 1 aromatic carbocycles. The maximum atomic E-state index is 11.2. The smallest absolute Gasteiger partial charge is 0.417 e. The van der Waals surface area contributed by atoms with Crippen LogP contribution in [-0.2, 0) is 14.3 Å². The molecule has 0 radical (unpaired) electrons. The molecule has 0 saturated heterocycles. The Balaban J connectivity index is 2.27. The standard InChI is InChI=1S/C10H8N2O5/c1-16-9(14)8(13)11-5-2-3-7-6(4-5)12-10(15)17-7/h2-4H,1H3,(H,11,13)(H,12,15). The molecule has 0 aliphatic rings.